The van der Waals surface area contributed by atoms with E-state index in [1.807, 2.05) is 6.55 Å². The lowest BCUT2D eigenvalue weighted by atomic mass is 11.8. The summed E-state index contributed by atoms with van der Waals surface area (Å²) in [6, 6.07) is 0. The minimum absolute atomic E-state index is 1.51. The highest BCUT2D eigenvalue weighted by atomic mass is 28.6. The molecule has 7 atom stereocenters. The van der Waals surface area contributed by atoms with Crippen LogP contribution >= 0.6 is 0 Å². The standard InChI is InChI=1S/C9H27O12Si8/c1-10-23(3)13-26(6)15-24(4)11-22(2)12-25(5)16-27(7,14-23)20-29(9,19-26)21-28(8,17-24)18-25/h1-9H3/t23?,24?,25?,26-,27?,28?,29?/m1/s1. The Morgan fingerprint density at radius 2 is 0.759 bits per heavy atom. The summed E-state index contributed by atoms with van der Waals surface area (Å²) < 4.78 is 75.8. The zero-order valence-corrected chi connectivity index (χ0v) is 25.9. The molecule has 4 heterocycles. The van der Waals surface area contributed by atoms with Gasteiger partial charge in [-0.15, -0.1) is 0 Å². The molecule has 4 rings (SSSR count). The Hall–Kier alpha value is 1.26. The van der Waals surface area contributed by atoms with Gasteiger partial charge in [-0.2, -0.15) is 0 Å². The number of hydrogen-bond acceptors (Lipinski definition) is 12. The van der Waals surface area contributed by atoms with Crippen molar-refractivity contribution in [3.8, 4) is 0 Å². The lowest BCUT2D eigenvalue weighted by Gasteiger charge is -2.56. The zero-order chi connectivity index (χ0) is 21.6. The van der Waals surface area contributed by atoms with E-state index < -0.39 is 70.9 Å². The van der Waals surface area contributed by atoms with Gasteiger partial charge in [-0.25, -0.2) is 0 Å². The van der Waals surface area contributed by atoms with Crippen LogP contribution in [-0.4, -0.2) is 78.0 Å². The third-order valence-corrected chi connectivity index (χ3v) is 37.1. The minimum atomic E-state index is -3.46. The van der Waals surface area contributed by atoms with E-state index >= 15 is 0 Å². The minimum Gasteiger partial charge on any atom is -0.394 e. The third kappa shape index (κ3) is 4.66. The van der Waals surface area contributed by atoms with Gasteiger partial charge >= 0.3 is 70.9 Å². The first-order valence-corrected chi connectivity index (χ1v) is 26.5. The van der Waals surface area contributed by atoms with Gasteiger partial charge in [0, 0.05) is 52.9 Å². The topological polar surface area (TPSA) is 111 Å². The molecule has 0 aromatic heterocycles. The predicted molar refractivity (Wildman–Crippen MR) is 112 cm³/mol. The van der Waals surface area contributed by atoms with Gasteiger partial charge in [0.05, 0.1) is 0 Å². The van der Waals surface area contributed by atoms with E-state index in [0.29, 0.717) is 0 Å². The molecular formula is C9H27O12Si8. The SMILES string of the molecule is CO[Si]1(C)O[Si]2(C)O[Si]3(C)O[Si](C)O[Si]4(C)O[Si](C)(O3)O[Si](C)(O2)O[Si@](C)(O1)O4. The molecule has 0 amide bonds. The Morgan fingerprint density at radius 1 is 0.483 bits per heavy atom. The average Bonchev–Trinajstić information content (AvgIpc) is 2.36. The fourth-order valence-corrected chi connectivity index (χ4v) is 44.0. The molecule has 0 aliphatic carbocycles. The summed E-state index contributed by atoms with van der Waals surface area (Å²) in [6.45, 7) is 14.1. The first-order valence-electron chi connectivity index (χ1n) is 9.10. The Morgan fingerprint density at radius 3 is 1.07 bits per heavy atom. The van der Waals surface area contributed by atoms with Gasteiger partial charge in [0.2, 0.25) is 0 Å². The van der Waals surface area contributed by atoms with Crippen molar-refractivity contribution in [2.45, 2.75) is 52.4 Å². The van der Waals surface area contributed by atoms with Crippen LogP contribution in [0.1, 0.15) is 0 Å². The Labute approximate surface area is 179 Å². The second-order valence-corrected chi connectivity index (χ2v) is 30.3. The summed E-state index contributed by atoms with van der Waals surface area (Å²) in [4.78, 5) is 0. The molecule has 12 nitrogen and oxygen atoms in total. The van der Waals surface area contributed by atoms with Crippen molar-refractivity contribution in [1.82, 2.24) is 0 Å². The molecule has 167 valence electrons. The number of hydrogen-bond donors (Lipinski definition) is 0. The van der Waals surface area contributed by atoms with Crippen LogP contribution in [0, 0.1) is 0 Å². The van der Waals surface area contributed by atoms with Gasteiger partial charge in [-0.05, 0) is 6.55 Å². The van der Waals surface area contributed by atoms with E-state index in [9.17, 15) is 0 Å². The maximum absolute atomic E-state index is 6.43. The molecule has 0 saturated carbocycles. The molecule has 0 aromatic carbocycles. The Balaban J connectivity index is 1.93. The smallest absolute Gasteiger partial charge is 0.394 e. The van der Waals surface area contributed by atoms with E-state index in [0.717, 1.165) is 0 Å². The van der Waals surface area contributed by atoms with Crippen molar-refractivity contribution in [3.63, 3.8) is 0 Å². The molecule has 4 aliphatic heterocycles. The van der Waals surface area contributed by atoms with Gasteiger partial charge < -0.3 is 49.7 Å². The van der Waals surface area contributed by atoms with Gasteiger partial charge in [0.1, 0.15) is 0 Å². The largest absolute Gasteiger partial charge is 0.482 e. The lowest BCUT2D eigenvalue weighted by molar-refractivity contribution is 0.0105. The number of fused-ring (bicyclic) bond motifs is 4. The second kappa shape index (κ2) is 6.88. The highest BCUT2D eigenvalue weighted by Gasteiger charge is 2.73. The molecule has 4 saturated heterocycles. The van der Waals surface area contributed by atoms with Crippen LogP contribution in [0.2, 0.25) is 52.4 Å². The summed E-state index contributed by atoms with van der Waals surface area (Å²) in [5, 5.41) is 0. The molecule has 6 unspecified atom stereocenters. The van der Waals surface area contributed by atoms with E-state index in [1.165, 1.54) is 7.11 Å². The molecule has 0 aromatic rings. The van der Waals surface area contributed by atoms with Crippen molar-refractivity contribution in [2.75, 3.05) is 7.11 Å². The summed E-state index contributed by atoms with van der Waals surface area (Å²) in [6.07, 6.45) is 0. The summed E-state index contributed by atoms with van der Waals surface area (Å²) in [5.41, 5.74) is 0. The molecule has 29 heavy (non-hydrogen) atoms. The summed E-state index contributed by atoms with van der Waals surface area (Å²) >= 11 is 0. The Kier molecular flexibility index (Phi) is 5.56. The van der Waals surface area contributed by atoms with Crippen molar-refractivity contribution >= 4 is 70.9 Å². The fraction of sp³-hybridized carbons (Fsp3) is 1.00. The summed E-state index contributed by atoms with van der Waals surface area (Å²) in [7, 11) is -24.1. The highest BCUT2D eigenvalue weighted by molar-refractivity contribution is 6.98. The maximum atomic E-state index is 6.43. The second-order valence-electron chi connectivity index (χ2n) is 7.85. The van der Waals surface area contributed by atoms with E-state index in [2.05, 4.69) is 0 Å². The molecule has 6 bridgehead atoms. The van der Waals surface area contributed by atoms with Crippen LogP contribution < -0.4 is 0 Å². The highest BCUT2D eigenvalue weighted by Crippen LogP contribution is 2.43. The van der Waals surface area contributed by atoms with E-state index in [-0.39, 0.29) is 0 Å². The van der Waals surface area contributed by atoms with Gasteiger partial charge in [-0.3, -0.25) is 0 Å². The Bertz CT molecular complexity index is 654. The van der Waals surface area contributed by atoms with Crippen molar-refractivity contribution < 1.29 is 49.7 Å². The zero-order valence-electron chi connectivity index (χ0n) is 17.9. The average molecular weight is 552 g/mol. The maximum Gasteiger partial charge on any atom is 0.482 e. The van der Waals surface area contributed by atoms with Gasteiger partial charge in [0.25, 0.3) is 0 Å². The van der Waals surface area contributed by atoms with Crippen LogP contribution in [0.3, 0.4) is 0 Å². The van der Waals surface area contributed by atoms with Crippen LogP contribution in [-0.2, 0) is 49.7 Å². The van der Waals surface area contributed by atoms with Crippen molar-refractivity contribution in [1.29, 1.82) is 0 Å². The van der Waals surface area contributed by atoms with Crippen LogP contribution in [0.25, 0.3) is 0 Å². The van der Waals surface area contributed by atoms with E-state index in [4.69, 9.17) is 49.7 Å². The first-order chi connectivity index (χ1) is 13.0. The van der Waals surface area contributed by atoms with Gasteiger partial charge in [-0.1, -0.05) is 0 Å². The predicted octanol–water partition coefficient (Wildman–Crippen LogP) is 0.969. The van der Waals surface area contributed by atoms with Crippen LogP contribution in [0.4, 0.5) is 0 Å². The van der Waals surface area contributed by atoms with E-state index in [1.54, 1.807) is 45.8 Å². The molecule has 1 radical (unpaired) electrons. The summed E-state index contributed by atoms with van der Waals surface area (Å²) in [5.74, 6) is 0. The fourth-order valence-electron chi connectivity index (χ4n) is 4.05. The molecule has 0 N–H and O–H groups in total. The van der Waals surface area contributed by atoms with Crippen molar-refractivity contribution in [3.05, 3.63) is 0 Å². The third-order valence-electron chi connectivity index (χ3n) is 4.37. The molecule has 0 spiro atoms. The normalized spacial score (nSPS) is 58.7. The molecule has 4 fully saturated rings. The first kappa shape index (κ1) is 23.4. The molecule has 20 heteroatoms. The van der Waals surface area contributed by atoms with Gasteiger partial charge in [0.15, 0.2) is 0 Å². The van der Waals surface area contributed by atoms with Crippen molar-refractivity contribution in [2.24, 2.45) is 0 Å². The quantitative estimate of drug-likeness (QED) is 0.433. The molecule has 4 aliphatic rings. The lowest BCUT2D eigenvalue weighted by Crippen LogP contribution is -2.81. The van der Waals surface area contributed by atoms with Crippen LogP contribution in [0.5, 0.6) is 0 Å². The van der Waals surface area contributed by atoms with Crippen LogP contribution in [0.15, 0.2) is 0 Å². The monoisotopic (exact) mass is 551 g/mol. The molecular weight excluding hydrogens is 525 g/mol. The number of rotatable bonds is 1.